The zero-order chi connectivity index (χ0) is 58.1. The Hall–Kier alpha value is -5.95. The molecule has 8 atom stereocenters. The second-order valence-electron chi connectivity index (χ2n) is 20.0. The maximum Gasteiger partial charge on any atom is 0.311 e. The van der Waals surface area contributed by atoms with Gasteiger partial charge in [0.15, 0.2) is 5.96 Å². The molecule has 0 unspecified atom stereocenters. The fourth-order valence-corrected chi connectivity index (χ4v) is 10.3. The van der Waals surface area contributed by atoms with Gasteiger partial charge in [-0.2, -0.15) is 8.78 Å². The number of rotatable bonds is 28. The van der Waals surface area contributed by atoms with Crippen molar-refractivity contribution in [2.24, 2.45) is 22.7 Å². The summed E-state index contributed by atoms with van der Waals surface area (Å²) in [6, 6.07) is 5.32. The van der Waals surface area contributed by atoms with E-state index in [9.17, 15) is 59.1 Å². The number of guanidine groups is 1. The van der Waals surface area contributed by atoms with E-state index in [0.29, 0.717) is 37.3 Å². The lowest BCUT2D eigenvalue weighted by molar-refractivity contribution is -0.146. The minimum absolute atomic E-state index is 0.0873. The van der Waals surface area contributed by atoms with E-state index < -0.39 is 123 Å². The number of nitrogens with one attached hydrogen (secondary N) is 3. The first-order valence-electron chi connectivity index (χ1n) is 25.5. The molecule has 3 N–H and O–H groups in total. The second-order valence-corrected chi connectivity index (χ2v) is 21.8. The lowest BCUT2D eigenvalue weighted by atomic mass is 9.89. The minimum Gasteiger partial charge on any atom is -0.420 e. The highest BCUT2D eigenvalue weighted by Gasteiger charge is 2.43. The number of amides is 5. The summed E-state index contributed by atoms with van der Waals surface area (Å²) in [6.07, 6.45) is -1.51. The van der Waals surface area contributed by atoms with Crippen LogP contribution in [0.5, 0.6) is 5.75 Å². The Morgan fingerprint density at radius 3 is 1.96 bits per heavy atom. The van der Waals surface area contributed by atoms with Gasteiger partial charge in [-0.05, 0) is 43.1 Å². The predicted octanol–water partition coefficient (Wildman–Crippen LogP) is 4.56. The molecule has 19 nitrogen and oxygen atoms in total. The number of halogens is 5. The van der Waals surface area contributed by atoms with Gasteiger partial charge in [0.1, 0.15) is 12.1 Å². The number of aliphatic imine (C=N–C) groups is 1. The minimum atomic E-state index is -4.36. The molecule has 0 aromatic heterocycles. The Morgan fingerprint density at radius 1 is 0.818 bits per heavy atom. The van der Waals surface area contributed by atoms with Gasteiger partial charge in [0.2, 0.25) is 68.5 Å². The van der Waals surface area contributed by atoms with Crippen molar-refractivity contribution < 1.29 is 73.3 Å². The van der Waals surface area contributed by atoms with E-state index in [1.54, 1.807) is 54.1 Å². The molecule has 0 aliphatic carbocycles. The lowest BCUT2D eigenvalue weighted by Crippen LogP contribution is -2.56. The molecule has 1 heterocycles. The van der Waals surface area contributed by atoms with E-state index in [1.165, 1.54) is 14.2 Å². The number of esters is 1. The fraction of sp³-hybridized carbons (Fsp3) is 0.635. The number of hydrogen-bond acceptors (Lipinski definition) is 12. The summed E-state index contributed by atoms with van der Waals surface area (Å²) >= 11 is 0. The van der Waals surface area contributed by atoms with Crippen LogP contribution < -0.4 is 20.1 Å². The summed E-state index contributed by atoms with van der Waals surface area (Å²) < 4.78 is 113. The van der Waals surface area contributed by atoms with Crippen molar-refractivity contribution in [3.8, 4) is 5.75 Å². The van der Waals surface area contributed by atoms with Gasteiger partial charge in [-0.1, -0.05) is 71.4 Å². The van der Waals surface area contributed by atoms with Crippen molar-refractivity contribution >= 4 is 51.5 Å². The Kier molecular flexibility index (Phi) is 25.7. The number of likely N-dealkylation sites (tertiary alicyclic amines) is 1. The number of sulfonamides is 1. The topological polar surface area (TPSA) is 226 Å². The van der Waals surface area contributed by atoms with Gasteiger partial charge in [-0.3, -0.25) is 33.5 Å². The highest BCUT2D eigenvalue weighted by atomic mass is 32.2. The van der Waals surface area contributed by atoms with Crippen molar-refractivity contribution in [3.05, 3.63) is 65.0 Å². The molecule has 1 aliphatic heterocycles. The Bertz CT molecular complexity index is 2450. The third kappa shape index (κ3) is 18.3. The number of methoxy groups -OCH3 is 2. The van der Waals surface area contributed by atoms with Crippen molar-refractivity contribution in [3.63, 3.8) is 0 Å². The van der Waals surface area contributed by atoms with Crippen LogP contribution in [0.15, 0.2) is 35.3 Å². The van der Waals surface area contributed by atoms with Crippen LogP contribution >= 0.6 is 0 Å². The molecule has 432 valence electrons. The average Bonchev–Trinajstić information content (AvgIpc) is 3.87. The van der Waals surface area contributed by atoms with E-state index in [2.05, 4.69) is 15.4 Å². The molecular formula is C52H77F5N8O11S. The molecule has 0 radical (unpaired) electrons. The highest BCUT2D eigenvalue weighted by Crippen LogP contribution is 2.31. The van der Waals surface area contributed by atoms with Crippen LogP contribution in [0.4, 0.5) is 22.0 Å². The second kappa shape index (κ2) is 30.3. The quantitative estimate of drug-likeness (QED) is 0.0156. The Labute approximate surface area is 449 Å². The average molecular weight is 1120 g/mol. The molecule has 1 fully saturated rings. The molecule has 77 heavy (non-hydrogen) atoms. The number of likely N-dealkylation sites (N-methyl/N-ethyl adjacent to an activating group) is 1. The Balaban J connectivity index is 1.68. The third-order valence-corrected chi connectivity index (χ3v) is 14.8. The summed E-state index contributed by atoms with van der Waals surface area (Å²) in [5.41, 5.74) is 0.595. The van der Waals surface area contributed by atoms with E-state index in [-0.39, 0.29) is 62.3 Å². The molecule has 0 bridgehead atoms. The normalized spacial score (nSPS) is 16.3. The first-order valence-corrected chi connectivity index (χ1v) is 27.2. The maximum atomic E-state index is 14.4. The number of hydrogen-bond donors (Lipinski definition) is 3. The molecule has 2 aromatic carbocycles. The number of nitrogens with zero attached hydrogens (tertiary/aromatic N) is 5. The first-order chi connectivity index (χ1) is 36.1. The molecule has 1 saturated heterocycles. The zero-order valence-corrected chi connectivity index (χ0v) is 46.9. The van der Waals surface area contributed by atoms with Crippen molar-refractivity contribution in [2.45, 2.75) is 129 Å². The van der Waals surface area contributed by atoms with Crippen molar-refractivity contribution in [1.29, 1.82) is 0 Å². The molecule has 25 heteroatoms. The van der Waals surface area contributed by atoms with Gasteiger partial charge in [0.05, 0.1) is 42.4 Å². The van der Waals surface area contributed by atoms with Crippen LogP contribution in [0.3, 0.4) is 0 Å². The van der Waals surface area contributed by atoms with Crippen LogP contribution in [0.2, 0.25) is 0 Å². The molecular weight excluding hydrogens is 1040 g/mol. The SMILES string of the molecule is CC[C@H](C)[C@@H]([C@@H](CC(=O)N1CCC[C@H]1[C@H](OC)[C@@H](C)C(=O)N[C@@H](Cc1ccccc1)C(=O)NS(=O)(=O)CCCNC(=O)CCCC(=O)Oc1c(F)c(F)c(F)c(F)c1F)OC)N(C)C(=O)[C@@H](N=C(N(C)C)N(C)C)C(C)C. The van der Waals surface area contributed by atoms with E-state index in [1.807, 2.05) is 70.4 Å². The summed E-state index contributed by atoms with van der Waals surface area (Å²) in [4.78, 5) is 92.9. The first kappa shape index (κ1) is 65.3. The van der Waals surface area contributed by atoms with Crippen LogP contribution in [0.1, 0.15) is 91.5 Å². The zero-order valence-electron chi connectivity index (χ0n) is 46.1. The lowest BCUT2D eigenvalue weighted by Gasteiger charge is -2.40. The maximum absolute atomic E-state index is 14.4. The molecule has 0 spiro atoms. The summed E-state index contributed by atoms with van der Waals surface area (Å²) in [5.74, 6) is -19.0. The number of carbonyl (C=O) groups excluding carboxylic acids is 6. The Morgan fingerprint density at radius 2 is 1.42 bits per heavy atom. The standard InChI is InChI=1S/C52H77F5N8O11S/c1-13-31(4)46(64(10)51(71)45(30(2)3)60-52(62(6)7)63(8)9)36(74-11)29-38(67)65-26-18-22-35(65)47(75-12)32(5)49(69)59-34(28-33-20-15-14-16-21-33)50(70)61-77(72,73)27-19-25-58-37(66)23-17-24-39(68)76-48-43(56)41(54)40(53)42(55)44(48)57/h14-16,20-21,30-32,34-36,45-47H,13,17-19,22-29H2,1-12H3,(H,58,66)(H,59,69)(H,61,70)/t31-,32+,34-,35-,36+,45-,46-,47+/m0/s1. The summed E-state index contributed by atoms with van der Waals surface area (Å²) in [7, 11) is 7.68. The molecule has 2 aromatic rings. The van der Waals surface area contributed by atoms with Gasteiger partial charge < -0.3 is 44.4 Å². The van der Waals surface area contributed by atoms with E-state index >= 15 is 0 Å². The van der Waals surface area contributed by atoms with Crippen LogP contribution in [0, 0.1) is 46.8 Å². The van der Waals surface area contributed by atoms with Crippen molar-refractivity contribution in [2.75, 3.05) is 68.3 Å². The summed E-state index contributed by atoms with van der Waals surface area (Å²) in [6.45, 7) is 9.59. The van der Waals surface area contributed by atoms with Crippen LogP contribution in [-0.2, 0) is 54.7 Å². The molecule has 5 amide bonds. The fourth-order valence-electron chi connectivity index (χ4n) is 9.21. The van der Waals surface area contributed by atoms with Gasteiger partial charge in [-0.25, -0.2) is 26.6 Å². The number of benzene rings is 2. The molecule has 0 saturated carbocycles. The number of ether oxygens (including phenoxy) is 3. The monoisotopic (exact) mass is 1120 g/mol. The molecule has 3 rings (SSSR count). The predicted molar refractivity (Wildman–Crippen MR) is 277 cm³/mol. The van der Waals surface area contributed by atoms with Crippen LogP contribution in [-0.4, -0.2) is 174 Å². The largest absolute Gasteiger partial charge is 0.420 e. The van der Waals surface area contributed by atoms with Crippen LogP contribution in [0.25, 0.3) is 0 Å². The van der Waals surface area contributed by atoms with Gasteiger partial charge >= 0.3 is 5.97 Å². The summed E-state index contributed by atoms with van der Waals surface area (Å²) in [5, 5.41) is 5.11. The van der Waals surface area contributed by atoms with E-state index in [4.69, 9.17) is 14.5 Å². The third-order valence-electron chi connectivity index (χ3n) is 13.5. The van der Waals surface area contributed by atoms with Gasteiger partial charge in [0, 0.05) is 81.8 Å². The smallest absolute Gasteiger partial charge is 0.311 e. The number of carbonyl (C=O) groups is 6. The van der Waals surface area contributed by atoms with Gasteiger partial charge in [0.25, 0.3) is 5.91 Å². The highest BCUT2D eigenvalue weighted by molar-refractivity contribution is 7.90. The van der Waals surface area contributed by atoms with E-state index in [0.717, 1.165) is 0 Å². The molecule has 1 aliphatic rings. The van der Waals surface area contributed by atoms with Gasteiger partial charge in [-0.15, -0.1) is 0 Å². The van der Waals surface area contributed by atoms with Crippen molar-refractivity contribution in [1.82, 2.24) is 35.0 Å².